The first-order valence-electron chi connectivity index (χ1n) is 7.97. The number of para-hydroxylation sites is 1. The number of hydrogen-bond acceptors (Lipinski definition) is 3. The first-order chi connectivity index (χ1) is 11.0. The molecule has 6 nitrogen and oxygen atoms in total. The van der Waals surface area contributed by atoms with Gasteiger partial charge in [-0.25, -0.2) is 4.79 Å². The van der Waals surface area contributed by atoms with Crippen LogP contribution >= 0.6 is 0 Å². The smallest absolute Gasteiger partial charge is 0.317 e. The number of carboxylic acids is 1. The number of amides is 2. The molecule has 3 rings (SSSR count). The summed E-state index contributed by atoms with van der Waals surface area (Å²) in [6.45, 7) is 3.63. The Morgan fingerprint density at radius 3 is 2.96 bits per heavy atom. The van der Waals surface area contributed by atoms with Crippen LogP contribution in [-0.2, 0) is 4.79 Å². The zero-order valence-corrected chi connectivity index (χ0v) is 13.2. The maximum Gasteiger partial charge on any atom is 0.317 e. The van der Waals surface area contributed by atoms with E-state index in [0.717, 1.165) is 17.7 Å². The predicted molar refractivity (Wildman–Crippen MR) is 84.6 cm³/mol. The van der Waals surface area contributed by atoms with Crippen LogP contribution in [0.1, 0.15) is 31.2 Å². The number of likely N-dealkylation sites (tertiary alicyclic amines) is 1. The summed E-state index contributed by atoms with van der Waals surface area (Å²) in [5.41, 5.74) is 0.290. The molecule has 1 fully saturated rings. The van der Waals surface area contributed by atoms with Crippen molar-refractivity contribution in [3.8, 4) is 5.75 Å². The van der Waals surface area contributed by atoms with Crippen molar-refractivity contribution >= 4 is 12.0 Å². The second kappa shape index (κ2) is 6.10. The molecule has 1 aromatic rings. The lowest BCUT2D eigenvalue weighted by Gasteiger charge is -2.27. The lowest BCUT2D eigenvalue weighted by molar-refractivity contribution is -0.147. The molecular weight excluding hydrogens is 296 g/mol. The van der Waals surface area contributed by atoms with E-state index in [-0.39, 0.29) is 18.5 Å². The summed E-state index contributed by atoms with van der Waals surface area (Å²) >= 11 is 0. The molecule has 0 radical (unpaired) electrons. The Balaban J connectivity index is 1.58. The van der Waals surface area contributed by atoms with Crippen molar-refractivity contribution in [1.82, 2.24) is 10.2 Å². The Hall–Kier alpha value is -2.24. The maximum atomic E-state index is 12.3. The minimum Gasteiger partial charge on any atom is -0.493 e. The number of rotatable bonds is 3. The third-order valence-electron chi connectivity index (χ3n) is 4.86. The fraction of sp³-hybridized carbons (Fsp3) is 0.529. The Morgan fingerprint density at radius 1 is 1.43 bits per heavy atom. The summed E-state index contributed by atoms with van der Waals surface area (Å²) in [5, 5.41) is 12.2. The lowest BCUT2D eigenvalue weighted by Crippen LogP contribution is -2.42. The molecule has 0 bridgehead atoms. The average Bonchev–Trinajstić information content (AvgIpc) is 2.96. The number of carbonyl (C=O) groups is 2. The van der Waals surface area contributed by atoms with Gasteiger partial charge in [-0.05, 0) is 31.4 Å². The van der Waals surface area contributed by atoms with Crippen LogP contribution in [0.25, 0.3) is 0 Å². The fourth-order valence-corrected chi connectivity index (χ4v) is 3.26. The van der Waals surface area contributed by atoms with Gasteiger partial charge in [0.15, 0.2) is 0 Å². The number of carboxylic acid groups (broad SMARTS) is 1. The van der Waals surface area contributed by atoms with Crippen LogP contribution in [0.4, 0.5) is 4.79 Å². The number of nitrogens with one attached hydrogen (secondary N) is 1. The van der Waals surface area contributed by atoms with Gasteiger partial charge in [0, 0.05) is 25.6 Å². The van der Waals surface area contributed by atoms with E-state index < -0.39 is 11.4 Å². The lowest BCUT2D eigenvalue weighted by atomic mass is 9.90. The van der Waals surface area contributed by atoms with Crippen LogP contribution in [0.5, 0.6) is 5.75 Å². The van der Waals surface area contributed by atoms with Gasteiger partial charge in [-0.1, -0.05) is 18.2 Å². The summed E-state index contributed by atoms with van der Waals surface area (Å²) < 4.78 is 5.63. The standard InChI is InChI=1S/C17H22N2O4/c1-17(15(20)21)7-8-19(11-17)16(22)18-10-12-6-9-23-14-5-3-2-4-13(12)14/h2-5,12H,6-11H2,1H3,(H,18,22)(H,20,21). The number of nitrogens with zero attached hydrogens (tertiary/aromatic N) is 1. The molecule has 2 amide bonds. The van der Waals surface area contributed by atoms with Gasteiger partial charge in [-0.3, -0.25) is 4.79 Å². The molecular formula is C17H22N2O4. The van der Waals surface area contributed by atoms with Gasteiger partial charge in [0.25, 0.3) is 0 Å². The normalized spacial score (nSPS) is 26.3. The minimum absolute atomic E-state index is 0.182. The van der Waals surface area contributed by atoms with Crippen molar-refractivity contribution in [2.75, 3.05) is 26.2 Å². The third kappa shape index (κ3) is 3.11. The van der Waals surface area contributed by atoms with Crippen LogP contribution < -0.4 is 10.1 Å². The van der Waals surface area contributed by atoms with E-state index in [9.17, 15) is 14.7 Å². The van der Waals surface area contributed by atoms with Crippen molar-refractivity contribution in [3.63, 3.8) is 0 Å². The van der Waals surface area contributed by atoms with Crippen LogP contribution in [0.2, 0.25) is 0 Å². The van der Waals surface area contributed by atoms with Gasteiger partial charge < -0.3 is 20.1 Å². The second-order valence-electron chi connectivity index (χ2n) is 6.60. The first-order valence-corrected chi connectivity index (χ1v) is 7.97. The van der Waals surface area contributed by atoms with Gasteiger partial charge in [-0.15, -0.1) is 0 Å². The molecule has 2 unspecified atom stereocenters. The zero-order valence-electron chi connectivity index (χ0n) is 13.2. The summed E-state index contributed by atoms with van der Waals surface area (Å²) in [6.07, 6.45) is 1.36. The van der Waals surface area contributed by atoms with Crippen molar-refractivity contribution in [2.45, 2.75) is 25.7 Å². The van der Waals surface area contributed by atoms with Crippen molar-refractivity contribution in [3.05, 3.63) is 29.8 Å². The molecule has 2 N–H and O–H groups in total. The van der Waals surface area contributed by atoms with E-state index in [4.69, 9.17) is 4.74 Å². The molecule has 2 atom stereocenters. The number of ether oxygens (including phenoxy) is 1. The molecule has 2 aliphatic heterocycles. The van der Waals surface area contributed by atoms with Crippen molar-refractivity contribution in [1.29, 1.82) is 0 Å². The number of aliphatic carboxylic acids is 1. The van der Waals surface area contributed by atoms with E-state index in [1.54, 1.807) is 11.8 Å². The van der Waals surface area contributed by atoms with E-state index >= 15 is 0 Å². The molecule has 0 aromatic heterocycles. The SMILES string of the molecule is CC1(C(=O)O)CCN(C(=O)NCC2CCOc3ccccc32)C1. The number of benzene rings is 1. The maximum absolute atomic E-state index is 12.3. The first kappa shape index (κ1) is 15.6. The third-order valence-corrected chi connectivity index (χ3v) is 4.86. The highest BCUT2D eigenvalue weighted by Gasteiger charge is 2.42. The quantitative estimate of drug-likeness (QED) is 0.894. The zero-order chi connectivity index (χ0) is 16.4. The highest BCUT2D eigenvalue weighted by atomic mass is 16.5. The van der Waals surface area contributed by atoms with Gasteiger partial charge >= 0.3 is 12.0 Å². The number of urea groups is 1. The van der Waals surface area contributed by atoms with Crippen LogP contribution in [0.15, 0.2) is 24.3 Å². The summed E-state index contributed by atoms with van der Waals surface area (Å²) in [5.74, 6) is 0.279. The Labute approximate surface area is 135 Å². The van der Waals surface area contributed by atoms with Crippen molar-refractivity contribution < 1.29 is 19.4 Å². The molecule has 0 aliphatic carbocycles. The van der Waals surface area contributed by atoms with E-state index in [1.165, 1.54) is 0 Å². The molecule has 0 spiro atoms. The van der Waals surface area contributed by atoms with E-state index in [2.05, 4.69) is 5.32 Å². The molecule has 0 saturated carbocycles. The summed E-state index contributed by atoms with van der Waals surface area (Å²) in [4.78, 5) is 25.2. The molecule has 23 heavy (non-hydrogen) atoms. The summed E-state index contributed by atoms with van der Waals surface area (Å²) in [6, 6.07) is 7.71. The highest BCUT2D eigenvalue weighted by molar-refractivity contribution is 5.79. The fourth-order valence-electron chi connectivity index (χ4n) is 3.26. The van der Waals surface area contributed by atoms with Gasteiger partial charge in [0.1, 0.15) is 5.75 Å². The number of carbonyl (C=O) groups excluding carboxylic acids is 1. The summed E-state index contributed by atoms with van der Waals surface area (Å²) in [7, 11) is 0. The van der Waals surface area contributed by atoms with Gasteiger partial charge in [-0.2, -0.15) is 0 Å². The van der Waals surface area contributed by atoms with E-state index in [0.29, 0.717) is 26.1 Å². The van der Waals surface area contributed by atoms with Crippen LogP contribution in [0, 0.1) is 5.41 Å². The van der Waals surface area contributed by atoms with Gasteiger partial charge in [0.2, 0.25) is 0 Å². The predicted octanol–water partition coefficient (Wildman–Crippen LogP) is 2.06. The van der Waals surface area contributed by atoms with Gasteiger partial charge in [0.05, 0.1) is 12.0 Å². The molecule has 2 heterocycles. The van der Waals surface area contributed by atoms with Crippen LogP contribution in [-0.4, -0.2) is 48.2 Å². The number of fused-ring (bicyclic) bond motifs is 1. The molecule has 124 valence electrons. The largest absolute Gasteiger partial charge is 0.493 e. The van der Waals surface area contributed by atoms with Crippen LogP contribution in [0.3, 0.4) is 0 Å². The molecule has 2 aliphatic rings. The molecule has 1 aromatic carbocycles. The highest BCUT2D eigenvalue weighted by Crippen LogP contribution is 2.33. The molecule has 1 saturated heterocycles. The van der Waals surface area contributed by atoms with E-state index in [1.807, 2.05) is 24.3 Å². The Bertz CT molecular complexity index is 618. The Morgan fingerprint density at radius 2 is 2.22 bits per heavy atom. The minimum atomic E-state index is -0.842. The number of hydrogen-bond donors (Lipinski definition) is 2. The monoisotopic (exact) mass is 318 g/mol. The Kier molecular flexibility index (Phi) is 4.15. The van der Waals surface area contributed by atoms with Crippen molar-refractivity contribution in [2.24, 2.45) is 5.41 Å². The topological polar surface area (TPSA) is 78.9 Å². The second-order valence-corrected chi connectivity index (χ2v) is 6.60. The molecule has 6 heteroatoms. The average molecular weight is 318 g/mol.